The van der Waals surface area contributed by atoms with E-state index >= 15 is 0 Å². The maximum Gasteiger partial charge on any atom is 0.140 e. The van der Waals surface area contributed by atoms with Gasteiger partial charge >= 0.3 is 0 Å². The molecule has 1 heterocycles. The van der Waals surface area contributed by atoms with Gasteiger partial charge < -0.3 is 10.9 Å². The molecule has 0 radical (unpaired) electrons. The van der Waals surface area contributed by atoms with Crippen LogP contribution in [-0.4, -0.2) is 15.9 Å². The van der Waals surface area contributed by atoms with Crippen molar-refractivity contribution in [2.24, 2.45) is 5.16 Å². The number of oxime groups is 1. The third-order valence-corrected chi connectivity index (χ3v) is 2.56. The van der Waals surface area contributed by atoms with Gasteiger partial charge in [-0.15, -0.1) is 0 Å². The molecule has 0 atom stereocenters. The van der Waals surface area contributed by atoms with Crippen LogP contribution in [0.5, 0.6) is 0 Å². The number of halogens is 2. The summed E-state index contributed by atoms with van der Waals surface area (Å²) in [6.45, 7) is 0. The SMILES string of the molecule is Nc1ccc(Cl)nc1/C(=N\O)c1ccccc1F. The molecule has 0 aliphatic rings. The van der Waals surface area contributed by atoms with Crippen molar-refractivity contribution >= 4 is 23.0 Å². The number of pyridine rings is 1. The molecule has 0 saturated carbocycles. The van der Waals surface area contributed by atoms with E-state index < -0.39 is 5.82 Å². The standard InChI is InChI=1S/C12H9ClFN3O/c13-10-6-5-9(15)12(16-10)11(17-18)7-3-1-2-4-8(7)14/h1-6,18H,15H2/b17-11-. The normalized spacial score (nSPS) is 11.6. The zero-order valence-corrected chi connectivity index (χ0v) is 9.89. The second-order valence-electron chi connectivity index (χ2n) is 3.50. The third kappa shape index (κ3) is 2.26. The molecule has 0 amide bonds. The molecule has 0 unspecified atom stereocenters. The van der Waals surface area contributed by atoms with Crippen molar-refractivity contribution in [1.29, 1.82) is 0 Å². The van der Waals surface area contributed by atoms with E-state index in [-0.39, 0.29) is 27.8 Å². The van der Waals surface area contributed by atoms with E-state index in [2.05, 4.69) is 10.1 Å². The van der Waals surface area contributed by atoms with E-state index in [1.807, 2.05) is 0 Å². The van der Waals surface area contributed by atoms with Crippen molar-refractivity contribution < 1.29 is 9.60 Å². The summed E-state index contributed by atoms with van der Waals surface area (Å²) in [7, 11) is 0. The van der Waals surface area contributed by atoms with Crippen LogP contribution in [-0.2, 0) is 0 Å². The largest absolute Gasteiger partial charge is 0.410 e. The van der Waals surface area contributed by atoms with Gasteiger partial charge in [-0.1, -0.05) is 28.9 Å². The Morgan fingerprint density at radius 3 is 2.67 bits per heavy atom. The first-order valence-electron chi connectivity index (χ1n) is 5.03. The molecule has 0 aliphatic carbocycles. The summed E-state index contributed by atoms with van der Waals surface area (Å²) >= 11 is 5.75. The van der Waals surface area contributed by atoms with E-state index in [4.69, 9.17) is 22.5 Å². The fourth-order valence-corrected chi connectivity index (χ4v) is 1.67. The van der Waals surface area contributed by atoms with E-state index in [9.17, 15) is 4.39 Å². The minimum Gasteiger partial charge on any atom is -0.410 e. The van der Waals surface area contributed by atoms with Crippen LogP contribution in [0, 0.1) is 5.82 Å². The summed E-state index contributed by atoms with van der Waals surface area (Å²) in [6.07, 6.45) is 0. The monoisotopic (exact) mass is 265 g/mol. The lowest BCUT2D eigenvalue weighted by Gasteiger charge is -2.08. The van der Waals surface area contributed by atoms with Crippen LogP contribution in [0.1, 0.15) is 11.3 Å². The molecule has 1 aromatic carbocycles. The molecule has 2 aromatic rings. The highest BCUT2D eigenvalue weighted by Gasteiger charge is 2.16. The van der Waals surface area contributed by atoms with Crippen LogP contribution in [0.2, 0.25) is 5.15 Å². The first-order chi connectivity index (χ1) is 8.63. The van der Waals surface area contributed by atoms with Gasteiger partial charge in [0.25, 0.3) is 0 Å². The first kappa shape index (κ1) is 12.3. The van der Waals surface area contributed by atoms with Crippen molar-refractivity contribution in [3.63, 3.8) is 0 Å². The van der Waals surface area contributed by atoms with E-state index in [1.165, 1.54) is 30.3 Å². The summed E-state index contributed by atoms with van der Waals surface area (Å²) in [6, 6.07) is 8.87. The van der Waals surface area contributed by atoms with Gasteiger partial charge in [0.15, 0.2) is 0 Å². The van der Waals surface area contributed by atoms with E-state index in [0.717, 1.165) is 0 Å². The van der Waals surface area contributed by atoms with Crippen LogP contribution in [0.4, 0.5) is 10.1 Å². The van der Waals surface area contributed by atoms with E-state index in [0.29, 0.717) is 0 Å². The van der Waals surface area contributed by atoms with Gasteiger partial charge in [0.2, 0.25) is 0 Å². The van der Waals surface area contributed by atoms with Crippen LogP contribution < -0.4 is 5.73 Å². The summed E-state index contributed by atoms with van der Waals surface area (Å²) in [5.41, 5.74) is 6.13. The van der Waals surface area contributed by atoms with Crippen molar-refractivity contribution in [2.45, 2.75) is 0 Å². The van der Waals surface area contributed by atoms with Crippen LogP contribution in [0.15, 0.2) is 41.6 Å². The maximum absolute atomic E-state index is 13.7. The second kappa shape index (κ2) is 5.01. The lowest BCUT2D eigenvalue weighted by Crippen LogP contribution is -2.11. The van der Waals surface area contributed by atoms with Gasteiger partial charge in [0.1, 0.15) is 22.4 Å². The number of hydrogen-bond donors (Lipinski definition) is 2. The zero-order chi connectivity index (χ0) is 13.1. The van der Waals surface area contributed by atoms with Gasteiger partial charge in [0.05, 0.1) is 5.69 Å². The summed E-state index contributed by atoms with van der Waals surface area (Å²) in [5.74, 6) is -0.536. The van der Waals surface area contributed by atoms with Gasteiger partial charge in [-0.05, 0) is 24.3 Å². The second-order valence-corrected chi connectivity index (χ2v) is 3.89. The van der Waals surface area contributed by atoms with Crippen molar-refractivity contribution in [3.05, 3.63) is 58.6 Å². The van der Waals surface area contributed by atoms with Gasteiger partial charge in [-0.25, -0.2) is 9.37 Å². The van der Waals surface area contributed by atoms with E-state index in [1.54, 1.807) is 6.07 Å². The number of nitrogens with zero attached hydrogens (tertiary/aromatic N) is 2. The average molecular weight is 266 g/mol. The Morgan fingerprint density at radius 1 is 1.28 bits per heavy atom. The zero-order valence-electron chi connectivity index (χ0n) is 9.14. The Kier molecular flexibility index (Phi) is 3.43. The maximum atomic E-state index is 13.7. The summed E-state index contributed by atoms with van der Waals surface area (Å²) in [5, 5.41) is 12.3. The number of hydrogen-bond acceptors (Lipinski definition) is 4. The highest BCUT2D eigenvalue weighted by atomic mass is 35.5. The third-order valence-electron chi connectivity index (χ3n) is 2.35. The smallest absolute Gasteiger partial charge is 0.140 e. The molecule has 0 aliphatic heterocycles. The minimum absolute atomic E-state index is 0.0619. The number of benzene rings is 1. The van der Waals surface area contributed by atoms with Crippen LogP contribution >= 0.6 is 11.6 Å². The molecule has 1 aromatic heterocycles. The summed E-state index contributed by atoms with van der Waals surface area (Å²) < 4.78 is 13.7. The fraction of sp³-hybridized carbons (Fsp3) is 0. The quantitative estimate of drug-likeness (QED) is 0.379. The molecule has 0 bridgehead atoms. The lowest BCUT2D eigenvalue weighted by molar-refractivity contribution is 0.319. The molecule has 6 heteroatoms. The molecule has 2 rings (SSSR count). The van der Waals surface area contributed by atoms with Crippen LogP contribution in [0.3, 0.4) is 0 Å². The molecule has 0 spiro atoms. The fourth-order valence-electron chi connectivity index (χ4n) is 1.52. The highest BCUT2D eigenvalue weighted by Crippen LogP contribution is 2.19. The molecule has 0 saturated heterocycles. The Labute approximate surface area is 108 Å². The van der Waals surface area contributed by atoms with Gasteiger partial charge in [-0.2, -0.15) is 0 Å². The predicted molar refractivity (Wildman–Crippen MR) is 67.5 cm³/mol. The molecule has 4 nitrogen and oxygen atoms in total. The number of nitrogens with two attached hydrogens (primary N) is 1. The number of anilines is 1. The topological polar surface area (TPSA) is 71.5 Å². The Hall–Kier alpha value is -2.14. The van der Waals surface area contributed by atoms with Crippen LogP contribution in [0.25, 0.3) is 0 Å². The van der Waals surface area contributed by atoms with Gasteiger partial charge in [0, 0.05) is 5.56 Å². The molecular formula is C12H9ClFN3O. The average Bonchev–Trinajstić information content (AvgIpc) is 2.36. The Morgan fingerprint density at radius 2 is 2.00 bits per heavy atom. The molecule has 18 heavy (non-hydrogen) atoms. The van der Waals surface area contributed by atoms with Crippen molar-refractivity contribution in [3.8, 4) is 0 Å². The Balaban J connectivity index is 2.60. The summed E-state index contributed by atoms with van der Waals surface area (Å²) in [4.78, 5) is 3.94. The van der Waals surface area contributed by atoms with Crippen molar-refractivity contribution in [2.75, 3.05) is 5.73 Å². The molecule has 0 fully saturated rings. The number of rotatable bonds is 2. The number of aromatic nitrogens is 1. The van der Waals surface area contributed by atoms with Crippen molar-refractivity contribution in [1.82, 2.24) is 4.98 Å². The number of nitrogen functional groups attached to an aromatic ring is 1. The molecular weight excluding hydrogens is 257 g/mol. The van der Waals surface area contributed by atoms with Gasteiger partial charge in [-0.3, -0.25) is 0 Å². The molecule has 92 valence electrons. The molecule has 3 N–H and O–H groups in total. The predicted octanol–water partition coefficient (Wildman–Crippen LogP) is 2.68. The Bertz CT molecular complexity index is 616. The minimum atomic E-state index is -0.536. The lowest BCUT2D eigenvalue weighted by atomic mass is 10.1. The highest BCUT2D eigenvalue weighted by molar-refractivity contribution is 6.30. The first-order valence-corrected chi connectivity index (χ1v) is 5.40.